The zero-order valence-electron chi connectivity index (χ0n) is 8.57. The first-order chi connectivity index (χ1) is 7.64. The summed E-state index contributed by atoms with van der Waals surface area (Å²) in [6, 6.07) is -0.140. The Bertz CT molecular complexity index is 364. The van der Waals surface area contributed by atoms with Crippen LogP contribution in [0, 0.1) is 0 Å². The third kappa shape index (κ3) is 1.43. The maximum Gasteiger partial charge on any atom is 0.338 e. The summed E-state index contributed by atoms with van der Waals surface area (Å²) in [6.07, 6.45) is 4.57. The molecule has 2 amide bonds. The van der Waals surface area contributed by atoms with Crippen molar-refractivity contribution in [3.63, 3.8) is 0 Å². The average molecular weight is 243 g/mol. The average Bonchev–Trinajstić information content (AvgIpc) is 2.75. The summed E-state index contributed by atoms with van der Waals surface area (Å²) < 4.78 is 7.06. The SMILES string of the molecule is NC12C=CN([C@H]3CC[C@@H](CO)O3)C(=O)N1S2. The fraction of sp³-hybridized carbons (Fsp3) is 0.667. The van der Waals surface area contributed by atoms with E-state index in [-0.39, 0.29) is 25.0 Å². The zero-order chi connectivity index (χ0) is 11.3. The lowest BCUT2D eigenvalue weighted by Crippen LogP contribution is -2.46. The highest BCUT2D eigenvalue weighted by molar-refractivity contribution is 8.05. The molecule has 0 aromatic heterocycles. The molecular weight excluding hydrogens is 230 g/mol. The van der Waals surface area contributed by atoms with Crippen LogP contribution in [0.25, 0.3) is 0 Å². The van der Waals surface area contributed by atoms with Gasteiger partial charge in [0.2, 0.25) is 0 Å². The molecule has 88 valence electrons. The Morgan fingerprint density at radius 3 is 3.19 bits per heavy atom. The maximum atomic E-state index is 11.9. The molecule has 3 heterocycles. The summed E-state index contributed by atoms with van der Waals surface area (Å²) in [5.41, 5.74) is 5.83. The molecule has 0 aromatic carbocycles. The lowest BCUT2D eigenvalue weighted by Gasteiger charge is -2.28. The highest BCUT2D eigenvalue weighted by Gasteiger charge is 2.57. The molecule has 6 nitrogen and oxygen atoms in total. The van der Waals surface area contributed by atoms with Gasteiger partial charge >= 0.3 is 6.03 Å². The van der Waals surface area contributed by atoms with Crippen molar-refractivity contribution in [2.24, 2.45) is 5.73 Å². The second kappa shape index (κ2) is 3.36. The number of urea groups is 1. The van der Waals surface area contributed by atoms with Crippen LogP contribution in [0.3, 0.4) is 0 Å². The van der Waals surface area contributed by atoms with Crippen molar-refractivity contribution in [1.29, 1.82) is 0 Å². The Balaban J connectivity index is 1.72. The smallest absolute Gasteiger partial charge is 0.338 e. The van der Waals surface area contributed by atoms with E-state index in [1.54, 1.807) is 17.2 Å². The van der Waals surface area contributed by atoms with E-state index < -0.39 is 4.99 Å². The number of rotatable bonds is 2. The Kier molecular flexibility index (Phi) is 2.19. The molecule has 0 saturated carbocycles. The molecule has 0 aliphatic carbocycles. The summed E-state index contributed by atoms with van der Waals surface area (Å²) in [4.78, 5) is 12.8. The molecule has 0 bridgehead atoms. The quantitative estimate of drug-likeness (QED) is 0.527. The van der Waals surface area contributed by atoms with E-state index in [1.807, 2.05) is 0 Å². The normalized spacial score (nSPS) is 41.5. The number of ether oxygens (including phenoxy) is 1. The maximum absolute atomic E-state index is 11.9. The standard InChI is InChI=1S/C9H13N3O3S/c10-9-3-4-11(8(14)12(9)16-9)7-2-1-6(5-13)15-7/h3-4,6-7,13H,1-2,5,10H2/t6-,7+,9?,12?/m0/s1. The minimum Gasteiger partial charge on any atom is -0.394 e. The highest BCUT2D eigenvalue weighted by atomic mass is 32.2. The number of hydrogen-bond acceptors (Lipinski definition) is 5. The molecule has 3 N–H and O–H groups in total. The molecule has 2 fully saturated rings. The molecule has 0 radical (unpaired) electrons. The minimum atomic E-state index is -0.636. The number of fused-ring (bicyclic) bond motifs is 1. The van der Waals surface area contributed by atoms with Gasteiger partial charge in [0.05, 0.1) is 12.7 Å². The Morgan fingerprint density at radius 2 is 2.50 bits per heavy atom. The van der Waals surface area contributed by atoms with Gasteiger partial charge in [-0.15, -0.1) is 0 Å². The number of carbonyl (C=O) groups is 1. The monoisotopic (exact) mass is 243 g/mol. The van der Waals surface area contributed by atoms with Crippen LogP contribution in [0.1, 0.15) is 12.8 Å². The predicted molar refractivity (Wildman–Crippen MR) is 57.7 cm³/mol. The largest absolute Gasteiger partial charge is 0.394 e. The Hall–Kier alpha value is -0.760. The van der Waals surface area contributed by atoms with Crippen molar-refractivity contribution in [3.8, 4) is 0 Å². The molecule has 3 atom stereocenters. The summed E-state index contributed by atoms with van der Waals surface area (Å²) >= 11 is 1.31. The van der Waals surface area contributed by atoms with Gasteiger partial charge in [0.15, 0.2) is 4.99 Å². The van der Waals surface area contributed by atoms with E-state index in [4.69, 9.17) is 15.6 Å². The van der Waals surface area contributed by atoms with Crippen molar-refractivity contribution in [2.75, 3.05) is 6.61 Å². The molecule has 3 aliphatic heterocycles. The van der Waals surface area contributed by atoms with Gasteiger partial charge in [0.1, 0.15) is 6.23 Å². The van der Waals surface area contributed by atoms with Gasteiger partial charge < -0.3 is 9.84 Å². The van der Waals surface area contributed by atoms with Gasteiger partial charge in [-0.3, -0.25) is 10.6 Å². The fourth-order valence-corrected chi connectivity index (χ4v) is 2.70. The molecule has 0 spiro atoms. The summed E-state index contributed by atoms with van der Waals surface area (Å²) in [5.74, 6) is 0. The molecular formula is C9H13N3O3S. The lowest BCUT2D eigenvalue weighted by molar-refractivity contribution is -0.0390. The van der Waals surface area contributed by atoms with Gasteiger partial charge in [-0.2, -0.15) is 0 Å². The van der Waals surface area contributed by atoms with E-state index in [1.165, 1.54) is 16.3 Å². The van der Waals surface area contributed by atoms with E-state index in [0.717, 1.165) is 12.8 Å². The number of aliphatic hydroxyl groups is 1. The third-order valence-corrected chi connectivity index (χ3v) is 4.07. The van der Waals surface area contributed by atoms with Crippen molar-refractivity contribution in [1.82, 2.24) is 9.21 Å². The highest BCUT2D eigenvalue weighted by Crippen LogP contribution is 2.51. The number of aliphatic hydroxyl groups excluding tert-OH is 1. The van der Waals surface area contributed by atoms with Crippen molar-refractivity contribution in [3.05, 3.63) is 12.3 Å². The predicted octanol–water partition coefficient (Wildman–Crippen LogP) is 0.00940. The van der Waals surface area contributed by atoms with Gasteiger partial charge in [-0.25, -0.2) is 9.10 Å². The van der Waals surface area contributed by atoms with Crippen molar-refractivity contribution >= 4 is 18.0 Å². The second-order valence-electron chi connectivity index (χ2n) is 4.12. The lowest BCUT2D eigenvalue weighted by atomic mass is 10.2. The molecule has 7 heteroatoms. The van der Waals surface area contributed by atoms with Gasteiger partial charge in [0, 0.05) is 18.1 Å². The minimum absolute atomic E-state index is 0.00152. The molecule has 2 saturated heterocycles. The fourth-order valence-electron chi connectivity index (χ4n) is 2.01. The number of nitrogens with two attached hydrogens (primary N) is 1. The first kappa shape index (κ1) is 10.4. The van der Waals surface area contributed by atoms with Crippen LogP contribution >= 0.6 is 11.9 Å². The number of nitrogens with zero attached hydrogens (tertiary/aromatic N) is 2. The molecule has 0 aromatic rings. The van der Waals surface area contributed by atoms with E-state index in [2.05, 4.69) is 0 Å². The third-order valence-electron chi connectivity index (χ3n) is 2.99. The number of carbonyl (C=O) groups excluding carboxylic acids is 1. The van der Waals surface area contributed by atoms with Crippen LogP contribution < -0.4 is 5.73 Å². The van der Waals surface area contributed by atoms with Crippen LogP contribution in [-0.4, -0.2) is 44.3 Å². The van der Waals surface area contributed by atoms with Crippen LogP contribution in [-0.2, 0) is 4.74 Å². The zero-order valence-corrected chi connectivity index (χ0v) is 9.39. The van der Waals surface area contributed by atoms with Gasteiger partial charge in [0.25, 0.3) is 0 Å². The Morgan fingerprint density at radius 1 is 1.69 bits per heavy atom. The molecule has 3 aliphatic rings. The van der Waals surface area contributed by atoms with Crippen molar-refractivity contribution in [2.45, 2.75) is 30.2 Å². The molecule has 1 unspecified atom stereocenters. The molecule has 3 rings (SSSR count). The molecule has 16 heavy (non-hydrogen) atoms. The van der Waals surface area contributed by atoms with E-state index in [0.29, 0.717) is 0 Å². The van der Waals surface area contributed by atoms with Gasteiger partial charge in [-0.1, -0.05) is 0 Å². The first-order valence-electron chi connectivity index (χ1n) is 5.20. The van der Waals surface area contributed by atoms with Crippen LogP contribution in [0.2, 0.25) is 0 Å². The van der Waals surface area contributed by atoms with Crippen LogP contribution in [0.5, 0.6) is 0 Å². The topological polar surface area (TPSA) is 78.8 Å². The van der Waals surface area contributed by atoms with Crippen LogP contribution in [0.15, 0.2) is 12.3 Å². The summed E-state index contributed by atoms with van der Waals surface area (Å²) in [5, 5.41) is 8.97. The summed E-state index contributed by atoms with van der Waals surface area (Å²) in [7, 11) is 0. The van der Waals surface area contributed by atoms with Crippen molar-refractivity contribution < 1.29 is 14.6 Å². The number of hydrogen-bond donors (Lipinski definition) is 2. The van der Waals surface area contributed by atoms with Crippen LogP contribution in [0.4, 0.5) is 4.79 Å². The van der Waals surface area contributed by atoms with Gasteiger partial charge in [-0.05, 0) is 18.9 Å². The summed E-state index contributed by atoms with van der Waals surface area (Å²) in [6.45, 7) is 0.00152. The van der Waals surface area contributed by atoms with E-state index >= 15 is 0 Å². The first-order valence-corrected chi connectivity index (χ1v) is 5.97. The number of amides is 2. The van der Waals surface area contributed by atoms with E-state index in [9.17, 15) is 4.79 Å². The Labute approximate surface area is 97.1 Å². The second-order valence-corrected chi connectivity index (χ2v) is 5.32.